The third-order valence-corrected chi connectivity index (χ3v) is 5.21. The summed E-state index contributed by atoms with van der Waals surface area (Å²) in [6, 6.07) is 9.09. The zero-order chi connectivity index (χ0) is 23.2. The largest absolute Gasteiger partial charge is 0.394 e. The van der Waals surface area contributed by atoms with Crippen LogP contribution in [0.5, 0.6) is 0 Å². The predicted molar refractivity (Wildman–Crippen MR) is 123 cm³/mol. The van der Waals surface area contributed by atoms with Crippen LogP contribution in [0.25, 0.3) is 22.4 Å². The predicted octanol–water partition coefficient (Wildman–Crippen LogP) is 2.04. The highest BCUT2D eigenvalue weighted by molar-refractivity contribution is 6.33. The van der Waals surface area contributed by atoms with Crippen molar-refractivity contribution in [2.75, 3.05) is 13.2 Å². The summed E-state index contributed by atoms with van der Waals surface area (Å²) in [5.41, 5.74) is 2.90. The van der Waals surface area contributed by atoms with Crippen LogP contribution in [-0.4, -0.2) is 59.6 Å². The van der Waals surface area contributed by atoms with E-state index in [1.807, 2.05) is 24.3 Å². The molecule has 1 fully saturated rings. The van der Waals surface area contributed by atoms with Gasteiger partial charge < -0.3 is 14.8 Å². The summed E-state index contributed by atoms with van der Waals surface area (Å²) >= 11 is 6.28. The monoisotopic (exact) mass is 467 g/mol. The van der Waals surface area contributed by atoms with Crippen molar-refractivity contribution in [3.63, 3.8) is 0 Å². The molecule has 5 rings (SSSR count). The number of aliphatic hydroxyl groups is 1. The molecule has 10 nitrogen and oxygen atoms in total. The van der Waals surface area contributed by atoms with E-state index in [-0.39, 0.29) is 18.4 Å². The molecule has 1 atom stereocenters. The lowest BCUT2D eigenvalue weighted by atomic mass is 10.1. The van der Waals surface area contributed by atoms with E-state index in [4.69, 9.17) is 21.4 Å². The third-order valence-electron chi connectivity index (χ3n) is 4.92. The fourth-order valence-corrected chi connectivity index (χ4v) is 3.53. The molecule has 0 aliphatic carbocycles. The zero-order valence-electron chi connectivity index (χ0n) is 17.9. The molecule has 1 aliphatic rings. The number of nitrogens with one attached hydrogen (secondary N) is 2. The Labute approximate surface area is 194 Å². The molecule has 0 unspecified atom stereocenters. The quantitative estimate of drug-likeness (QED) is 0.384. The van der Waals surface area contributed by atoms with Crippen molar-refractivity contribution >= 4 is 22.8 Å². The van der Waals surface area contributed by atoms with Gasteiger partial charge in [0.2, 0.25) is 5.82 Å². The number of aromatic nitrogens is 7. The van der Waals surface area contributed by atoms with E-state index in [2.05, 4.69) is 42.2 Å². The summed E-state index contributed by atoms with van der Waals surface area (Å²) in [5, 5.41) is 20.5. The molecule has 0 saturated carbocycles. The summed E-state index contributed by atoms with van der Waals surface area (Å²) in [6.07, 6.45) is 3.56. The number of tetrazole rings is 1. The van der Waals surface area contributed by atoms with Crippen molar-refractivity contribution < 1.29 is 9.84 Å². The minimum absolute atomic E-state index is 0.142. The van der Waals surface area contributed by atoms with Crippen molar-refractivity contribution in [2.24, 2.45) is 7.05 Å². The first kappa shape index (κ1) is 22.7. The maximum absolute atomic E-state index is 11.4. The van der Waals surface area contributed by atoms with Crippen LogP contribution in [0.1, 0.15) is 30.7 Å². The SMILES string of the molecule is Cn1nnc(C#Cc2ccc(-c3nc4[nH]c(=O)[nH]c4cc3Cl)cc2)n1.OC[C@@H]1CCCCO1. The molecule has 11 heteroatoms. The van der Waals surface area contributed by atoms with E-state index in [0.29, 0.717) is 27.7 Å². The summed E-state index contributed by atoms with van der Waals surface area (Å²) in [6.45, 7) is 1.03. The number of H-pyrrole nitrogens is 2. The van der Waals surface area contributed by atoms with E-state index >= 15 is 0 Å². The third kappa shape index (κ3) is 5.84. The van der Waals surface area contributed by atoms with Gasteiger partial charge in [-0.3, -0.25) is 4.98 Å². The summed E-state index contributed by atoms with van der Waals surface area (Å²) < 4.78 is 5.18. The minimum atomic E-state index is -0.320. The van der Waals surface area contributed by atoms with Gasteiger partial charge in [0, 0.05) is 17.7 Å². The standard InChI is InChI=1S/C16H10ClN7O.C6H12O2/c1-24-22-13(21-23-24)7-4-9-2-5-10(6-3-9)14-11(17)8-12-15(19-14)20-16(25)18-12;7-5-6-3-1-2-4-8-6/h2-3,5-6,8H,1H3,(H2,18,19,20,25);6-7H,1-5H2/t;6-/m.0/s1. The minimum Gasteiger partial charge on any atom is -0.394 e. The average molecular weight is 468 g/mol. The number of hydrogen-bond donors (Lipinski definition) is 3. The number of rotatable bonds is 2. The number of aromatic amines is 2. The molecular formula is C22H22ClN7O3. The number of pyridine rings is 1. The molecule has 1 aromatic carbocycles. The summed E-state index contributed by atoms with van der Waals surface area (Å²) in [5.74, 6) is 6.16. The van der Waals surface area contributed by atoms with Gasteiger partial charge in [-0.1, -0.05) is 34.8 Å². The van der Waals surface area contributed by atoms with Gasteiger partial charge in [-0.15, -0.1) is 5.10 Å². The van der Waals surface area contributed by atoms with Crippen molar-refractivity contribution in [1.29, 1.82) is 0 Å². The molecule has 170 valence electrons. The number of imidazole rings is 1. The fraction of sp³-hybridized carbons (Fsp3) is 0.318. The highest BCUT2D eigenvalue weighted by Gasteiger charge is 2.11. The molecular weight excluding hydrogens is 446 g/mol. The molecule has 3 aromatic heterocycles. The molecule has 33 heavy (non-hydrogen) atoms. The number of hydrogen-bond acceptors (Lipinski definition) is 7. The Balaban J connectivity index is 0.000000275. The van der Waals surface area contributed by atoms with Crippen LogP contribution in [0.2, 0.25) is 5.02 Å². The van der Waals surface area contributed by atoms with E-state index in [1.165, 1.54) is 11.2 Å². The Morgan fingerprint density at radius 2 is 2.06 bits per heavy atom. The zero-order valence-corrected chi connectivity index (χ0v) is 18.6. The topological polar surface area (TPSA) is 135 Å². The second kappa shape index (κ2) is 10.4. The van der Waals surface area contributed by atoms with Crippen molar-refractivity contribution in [3.8, 4) is 23.1 Å². The van der Waals surface area contributed by atoms with Crippen molar-refractivity contribution in [1.82, 2.24) is 35.2 Å². The van der Waals surface area contributed by atoms with E-state index in [1.54, 1.807) is 13.1 Å². The van der Waals surface area contributed by atoms with Crippen LogP contribution in [0.3, 0.4) is 0 Å². The van der Waals surface area contributed by atoms with E-state index in [9.17, 15) is 4.79 Å². The molecule has 1 aliphatic heterocycles. The molecule has 0 bridgehead atoms. The second-order valence-corrected chi connectivity index (χ2v) is 7.80. The van der Waals surface area contributed by atoms with Gasteiger partial charge in [0.1, 0.15) is 0 Å². The highest BCUT2D eigenvalue weighted by atomic mass is 35.5. The van der Waals surface area contributed by atoms with Crippen molar-refractivity contribution in [3.05, 3.63) is 57.2 Å². The highest BCUT2D eigenvalue weighted by Crippen LogP contribution is 2.28. The molecule has 0 amide bonds. The van der Waals surface area contributed by atoms with Gasteiger partial charge in [-0.05, 0) is 48.6 Å². The number of fused-ring (bicyclic) bond motifs is 1. The fourth-order valence-electron chi connectivity index (χ4n) is 3.27. The maximum atomic E-state index is 11.4. The molecule has 1 saturated heterocycles. The first-order valence-corrected chi connectivity index (χ1v) is 10.8. The molecule has 0 spiro atoms. The maximum Gasteiger partial charge on any atom is 0.325 e. The van der Waals surface area contributed by atoms with E-state index in [0.717, 1.165) is 30.6 Å². The van der Waals surface area contributed by atoms with Gasteiger partial charge in [-0.25, -0.2) is 9.78 Å². The number of ether oxygens (including phenoxy) is 1. The lowest BCUT2D eigenvalue weighted by Gasteiger charge is -2.19. The van der Waals surface area contributed by atoms with Crippen LogP contribution in [0.15, 0.2) is 35.1 Å². The van der Waals surface area contributed by atoms with Gasteiger partial charge >= 0.3 is 5.69 Å². The Bertz CT molecular complexity index is 1340. The van der Waals surface area contributed by atoms with Gasteiger partial charge in [0.25, 0.3) is 0 Å². The molecule has 4 heterocycles. The lowest BCUT2D eigenvalue weighted by molar-refractivity contribution is -0.0172. The molecule has 3 N–H and O–H groups in total. The smallest absolute Gasteiger partial charge is 0.325 e. The first-order valence-electron chi connectivity index (χ1n) is 10.4. The Kier molecular flexibility index (Phi) is 7.14. The van der Waals surface area contributed by atoms with Gasteiger partial charge in [0.05, 0.1) is 36.0 Å². The number of halogens is 1. The van der Waals surface area contributed by atoms with Crippen molar-refractivity contribution in [2.45, 2.75) is 25.4 Å². The number of aliphatic hydroxyl groups excluding tert-OH is 1. The van der Waals surface area contributed by atoms with Gasteiger partial charge in [0.15, 0.2) is 5.65 Å². The molecule has 0 radical (unpaired) electrons. The molecule has 4 aromatic rings. The Morgan fingerprint density at radius 1 is 1.24 bits per heavy atom. The van der Waals surface area contributed by atoms with E-state index < -0.39 is 0 Å². The summed E-state index contributed by atoms with van der Waals surface area (Å²) in [4.78, 5) is 22.4. The van der Waals surface area contributed by atoms with Crippen LogP contribution >= 0.6 is 11.6 Å². The van der Waals surface area contributed by atoms with Crippen LogP contribution in [0.4, 0.5) is 0 Å². The van der Waals surface area contributed by atoms with Crippen LogP contribution in [-0.2, 0) is 11.8 Å². The average Bonchev–Trinajstić information content (AvgIpc) is 3.42. The number of nitrogens with zero attached hydrogens (tertiary/aromatic N) is 5. The second-order valence-electron chi connectivity index (χ2n) is 7.40. The normalized spacial score (nSPS) is 15.4. The number of benzene rings is 1. The first-order chi connectivity index (χ1) is 16.0. The van der Waals surface area contributed by atoms with Gasteiger partial charge in [-0.2, -0.15) is 4.80 Å². The number of aryl methyl sites for hydroxylation is 1. The Morgan fingerprint density at radius 3 is 2.70 bits per heavy atom. The lowest BCUT2D eigenvalue weighted by Crippen LogP contribution is -2.22. The van der Waals surface area contributed by atoms with Crippen LogP contribution in [0, 0.1) is 11.8 Å². The Hall–Kier alpha value is -3.52. The summed E-state index contributed by atoms with van der Waals surface area (Å²) in [7, 11) is 1.68. The van der Waals surface area contributed by atoms with Crippen LogP contribution < -0.4 is 5.69 Å².